The zero-order valence-electron chi connectivity index (χ0n) is 10.4. The van der Waals surface area contributed by atoms with Crippen LogP contribution in [-0.4, -0.2) is 11.0 Å². The first-order chi connectivity index (χ1) is 9.25. The third kappa shape index (κ3) is 2.21. The van der Waals surface area contributed by atoms with E-state index in [-0.39, 0.29) is 11.9 Å². The van der Waals surface area contributed by atoms with Crippen LogP contribution in [-0.2, 0) is 6.42 Å². The fourth-order valence-electron chi connectivity index (χ4n) is 2.62. The highest BCUT2D eigenvalue weighted by Gasteiger charge is 2.24. The van der Waals surface area contributed by atoms with Gasteiger partial charge in [0.05, 0.1) is 12.3 Å². The zero-order chi connectivity index (χ0) is 13.2. The lowest BCUT2D eigenvalue weighted by Gasteiger charge is -2.26. The van der Waals surface area contributed by atoms with Crippen LogP contribution in [0, 0.1) is 0 Å². The molecule has 98 valence electrons. The minimum absolute atomic E-state index is 0.0616. The zero-order valence-corrected chi connectivity index (χ0v) is 10.4. The summed E-state index contributed by atoms with van der Waals surface area (Å²) >= 11 is 0. The Hall–Kier alpha value is -2.23. The van der Waals surface area contributed by atoms with Gasteiger partial charge in [-0.25, -0.2) is 0 Å². The van der Waals surface area contributed by atoms with E-state index in [0.29, 0.717) is 11.5 Å². The molecule has 1 amide bonds. The summed E-state index contributed by atoms with van der Waals surface area (Å²) in [5.41, 5.74) is 1.95. The Kier molecular flexibility index (Phi) is 2.99. The Labute approximate surface area is 111 Å². The summed E-state index contributed by atoms with van der Waals surface area (Å²) in [5.74, 6) is 0.410. The summed E-state index contributed by atoms with van der Waals surface area (Å²) < 4.78 is 5.09. The lowest BCUT2D eigenvalue weighted by molar-refractivity contribution is 0.0904. The van der Waals surface area contributed by atoms with Crippen molar-refractivity contribution in [2.75, 3.05) is 0 Å². The quantitative estimate of drug-likeness (QED) is 0.869. The molecule has 0 saturated carbocycles. The largest absolute Gasteiger partial charge is 0.508 e. The number of carbonyl (C=O) groups excluding carboxylic acids is 1. The second kappa shape index (κ2) is 4.80. The molecule has 0 bridgehead atoms. The van der Waals surface area contributed by atoms with E-state index in [1.165, 1.54) is 6.26 Å². The van der Waals surface area contributed by atoms with Crippen LogP contribution in [0.4, 0.5) is 0 Å². The normalized spacial score (nSPS) is 17.8. The fraction of sp³-hybridized carbons (Fsp3) is 0.267. The first-order valence-electron chi connectivity index (χ1n) is 6.41. The summed E-state index contributed by atoms with van der Waals surface area (Å²) in [5, 5.41) is 12.8. The molecule has 0 spiro atoms. The Morgan fingerprint density at radius 1 is 1.32 bits per heavy atom. The molecule has 2 aromatic rings. The van der Waals surface area contributed by atoms with E-state index in [4.69, 9.17) is 4.42 Å². The average molecular weight is 257 g/mol. The number of amides is 1. The molecule has 4 heteroatoms. The number of benzene rings is 1. The third-order valence-corrected chi connectivity index (χ3v) is 3.53. The maximum atomic E-state index is 12.0. The van der Waals surface area contributed by atoms with Crippen molar-refractivity contribution in [2.24, 2.45) is 0 Å². The number of phenols is 1. The first-order valence-corrected chi connectivity index (χ1v) is 6.41. The Morgan fingerprint density at radius 3 is 3.00 bits per heavy atom. The molecule has 2 N–H and O–H groups in total. The van der Waals surface area contributed by atoms with Gasteiger partial charge in [-0.15, -0.1) is 0 Å². The van der Waals surface area contributed by atoms with Crippen molar-refractivity contribution in [3.8, 4) is 5.75 Å². The second-order valence-corrected chi connectivity index (χ2v) is 4.74. The van der Waals surface area contributed by atoms with Crippen LogP contribution < -0.4 is 5.32 Å². The Balaban J connectivity index is 1.84. The third-order valence-electron chi connectivity index (χ3n) is 3.53. The lowest BCUT2D eigenvalue weighted by Crippen LogP contribution is -2.30. The molecular formula is C15H15NO3. The van der Waals surface area contributed by atoms with Gasteiger partial charge in [-0.1, -0.05) is 12.1 Å². The predicted molar refractivity (Wildman–Crippen MR) is 70.0 cm³/mol. The summed E-state index contributed by atoms with van der Waals surface area (Å²) in [6.45, 7) is 0. The van der Waals surface area contributed by atoms with Crippen LogP contribution >= 0.6 is 0 Å². The molecule has 0 radical (unpaired) electrons. The molecule has 1 heterocycles. The summed E-state index contributed by atoms with van der Waals surface area (Å²) in [7, 11) is 0. The Bertz CT molecular complexity index is 589. The van der Waals surface area contributed by atoms with E-state index in [1.807, 2.05) is 12.1 Å². The summed E-state index contributed by atoms with van der Waals surface area (Å²) in [6.07, 6.45) is 4.17. The van der Waals surface area contributed by atoms with Crippen LogP contribution in [0.1, 0.15) is 40.6 Å². The van der Waals surface area contributed by atoms with Crippen LogP contribution in [0.15, 0.2) is 41.0 Å². The molecule has 1 aliphatic rings. The number of nitrogens with one attached hydrogen (secondary N) is 1. The van der Waals surface area contributed by atoms with Gasteiger partial charge in [0, 0.05) is 0 Å². The van der Waals surface area contributed by atoms with Crippen molar-refractivity contribution in [2.45, 2.75) is 25.3 Å². The number of rotatable bonds is 2. The minimum Gasteiger partial charge on any atom is -0.508 e. The average Bonchev–Trinajstić information content (AvgIpc) is 2.94. The summed E-state index contributed by atoms with van der Waals surface area (Å²) in [4.78, 5) is 12.0. The molecule has 0 fully saturated rings. The van der Waals surface area contributed by atoms with E-state index in [2.05, 4.69) is 5.32 Å². The smallest absolute Gasteiger partial charge is 0.287 e. The van der Waals surface area contributed by atoms with Crippen LogP contribution in [0.25, 0.3) is 0 Å². The molecule has 1 aromatic carbocycles. The van der Waals surface area contributed by atoms with Gasteiger partial charge in [0.15, 0.2) is 5.76 Å². The molecule has 3 rings (SSSR count). The number of carbonyl (C=O) groups is 1. The number of phenolic OH excluding ortho intramolecular Hbond substituents is 1. The summed E-state index contributed by atoms with van der Waals surface area (Å²) in [6, 6.07) is 8.73. The first kappa shape index (κ1) is 11.8. The SMILES string of the molecule is O=C(NC1CCCc2c(O)cccc21)c1ccco1. The highest BCUT2D eigenvalue weighted by atomic mass is 16.3. The number of fused-ring (bicyclic) bond motifs is 1. The molecule has 1 aliphatic carbocycles. The van der Waals surface area contributed by atoms with Gasteiger partial charge < -0.3 is 14.8 Å². The van der Waals surface area contributed by atoms with Crippen molar-refractivity contribution in [3.63, 3.8) is 0 Å². The number of aromatic hydroxyl groups is 1. The molecule has 1 atom stereocenters. The molecule has 0 saturated heterocycles. The topological polar surface area (TPSA) is 62.5 Å². The van der Waals surface area contributed by atoms with Crippen molar-refractivity contribution in [1.29, 1.82) is 0 Å². The van der Waals surface area contributed by atoms with Crippen molar-refractivity contribution in [1.82, 2.24) is 5.32 Å². The van der Waals surface area contributed by atoms with Gasteiger partial charge in [0.25, 0.3) is 5.91 Å². The second-order valence-electron chi connectivity index (χ2n) is 4.74. The number of hydrogen-bond acceptors (Lipinski definition) is 3. The van der Waals surface area contributed by atoms with E-state index in [9.17, 15) is 9.90 Å². The van der Waals surface area contributed by atoms with Gasteiger partial charge in [-0.2, -0.15) is 0 Å². The van der Waals surface area contributed by atoms with E-state index >= 15 is 0 Å². The Morgan fingerprint density at radius 2 is 2.21 bits per heavy atom. The van der Waals surface area contributed by atoms with E-state index < -0.39 is 0 Å². The lowest BCUT2D eigenvalue weighted by atomic mass is 9.87. The van der Waals surface area contributed by atoms with Gasteiger partial charge in [-0.05, 0) is 48.6 Å². The predicted octanol–water partition coefficient (Wildman–Crippen LogP) is 2.79. The highest BCUT2D eigenvalue weighted by molar-refractivity contribution is 5.91. The standard InChI is InChI=1S/C15H15NO3/c17-13-7-2-4-10-11(13)5-1-6-12(10)16-15(18)14-8-3-9-19-14/h2-4,7-9,12,17H,1,5-6H2,(H,16,18). The molecule has 1 unspecified atom stereocenters. The molecule has 1 aromatic heterocycles. The van der Waals surface area contributed by atoms with Gasteiger partial charge in [0.1, 0.15) is 5.75 Å². The maximum absolute atomic E-state index is 12.0. The molecule has 4 nitrogen and oxygen atoms in total. The van der Waals surface area contributed by atoms with Gasteiger partial charge in [-0.3, -0.25) is 4.79 Å². The number of hydrogen-bond donors (Lipinski definition) is 2. The van der Waals surface area contributed by atoms with E-state index in [0.717, 1.165) is 30.4 Å². The van der Waals surface area contributed by atoms with Crippen molar-refractivity contribution in [3.05, 3.63) is 53.5 Å². The van der Waals surface area contributed by atoms with Gasteiger partial charge >= 0.3 is 0 Å². The fourth-order valence-corrected chi connectivity index (χ4v) is 2.62. The molecule has 19 heavy (non-hydrogen) atoms. The molecular weight excluding hydrogens is 242 g/mol. The monoisotopic (exact) mass is 257 g/mol. The van der Waals surface area contributed by atoms with Crippen molar-refractivity contribution < 1.29 is 14.3 Å². The van der Waals surface area contributed by atoms with Crippen LogP contribution in [0.3, 0.4) is 0 Å². The van der Waals surface area contributed by atoms with E-state index in [1.54, 1.807) is 18.2 Å². The highest BCUT2D eigenvalue weighted by Crippen LogP contribution is 2.34. The van der Waals surface area contributed by atoms with Crippen LogP contribution in [0.5, 0.6) is 5.75 Å². The minimum atomic E-state index is -0.216. The van der Waals surface area contributed by atoms with Crippen LogP contribution in [0.2, 0.25) is 0 Å². The van der Waals surface area contributed by atoms with Gasteiger partial charge in [0.2, 0.25) is 0 Å². The maximum Gasteiger partial charge on any atom is 0.287 e. The number of furan rings is 1. The van der Waals surface area contributed by atoms with Crippen molar-refractivity contribution >= 4 is 5.91 Å². The molecule has 0 aliphatic heterocycles.